The molecule has 0 aliphatic heterocycles. The van der Waals surface area contributed by atoms with Gasteiger partial charge in [0.25, 0.3) is 5.56 Å². The second-order valence-corrected chi connectivity index (χ2v) is 4.39. The summed E-state index contributed by atoms with van der Waals surface area (Å²) in [6.45, 7) is 2.18. The van der Waals surface area contributed by atoms with Crippen molar-refractivity contribution in [3.63, 3.8) is 0 Å². The van der Waals surface area contributed by atoms with Crippen molar-refractivity contribution in [3.05, 3.63) is 58.3 Å². The van der Waals surface area contributed by atoms with E-state index in [-0.39, 0.29) is 5.56 Å². The van der Waals surface area contributed by atoms with Gasteiger partial charge in [0.2, 0.25) is 5.89 Å². The number of pyridine rings is 1. The maximum Gasteiger partial charge on any atom is 0.251 e. The third-order valence-corrected chi connectivity index (χ3v) is 3.06. The molecule has 0 saturated heterocycles. The largest absolute Gasteiger partial charge is 0.439 e. The molecule has 0 saturated carbocycles. The normalized spacial score (nSPS) is 11.0. The third kappa shape index (κ3) is 1.99. The van der Waals surface area contributed by atoms with E-state index in [0.717, 1.165) is 5.69 Å². The fourth-order valence-electron chi connectivity index (χ4n) is 2.04. The third-order valence-electron chi connectivity index (χ3n) is 3.06. The van der Waals surface area contributed by atoms with Gasteiger partial charge in [0.15, 0.2) is 5.58 Å². The van der Waals surface area contributed by atoms with Crippen LogP contribution in [0.2, 0.25) is 0 Å². The summed E-state index contributed by atoms with van der Waals surface area (Å²) in [7, 11) is 0. The fourth-order valence-corrected chi connectivity index (χ4v) is 2.04. The van der Waals surface area contributed by atoms with Crippen LogP contribution in [0, 0.1) is 6.92 Å². The molecular formula is C14H13N3O2. The van der Waals surface area contributed by atoms with Gasteiger partial charge < -0.3 is 14.7 Å². The molecule has 0 aliphatic carbocycles. The lowest BCUT2D eigenvalue weighted by Crippen LogP contribution is -2.21. The molecule has 0 radical (unpaired) electrons. The van der Waals surface area contributed by atoms with E-state index in [4.69, 9.17) is 10.2 Å². The van der Waals surface area contributed by atoms with Gasteiger partial charge in [0.05, 0.1) is 5.69 Å². The number of hydrogen-bond acceptors (Lipinski definition) is 4. The van der Waals surface area contributed by atoms with Crippen LogP contribution < -0.4 is 11.3 Å². The molecule has 0 amide bonds. The van der Waals surface area contributed by atoms with Crippen molar-refractivity contribution in [3.8, 4) is 0 Å². The SMILES string of the molecule is Cc1cccc(=O)n1Cc1nc2c(N)cccc2o1. The highest BCUT2D eigenvalue weighted by molar-refractivity contribution is 5.85. The van der Waals surface area contributed by atoms with Crippen molar-refractivity contribution in [2.45, 2.75) is 13.5 Å². The molecule has 0 fully saturated rings. The van der Waals surface area contributed by atoms with Crippen molar-refractivity contribution >= 4 is 16.8 Å². The predicted molar refractivity (Wildman–Crippen MR) is 73.0 cm³/mol. The topological polar surface area (TPSA) is 74.0 Å². The highest BCUT2D eigenvalue weighted by atomic mass is 16.3. The Kier molecular flexibility index (Phi) is 2.59. The summed E-state index contributed by atoms with van der Waals surface area (Å²) in [5, 5.41) is 0. The van der Waals surface area contributed by atoms with Crippen LogP contribution in [0.3, 0.4) is 0 Å². The van der Waals surface area contributed by atoms with Crippen LogP contribution in [0.25, 0.3) is 11.1 Å². The van der Waals surface area contributed by atoms with Crippen LogP contribution in [0.5, 0.6) is 0 Å². The summed E-state index contributed by atoms with van der Waals surface area (Å²) in [6.07, 6.45) is 0. The number of nitrogens with two attached hydrogens (primary N) is 1. The second kappa shape index (κ2) is 4.28. The van der Waals surface area contributed by atoms with Gasteiger partial charge >= 0.3 is 0 Å². The van der Waals surface area contributed by atoms with Crippen LogP contribution >= 0.6 is 0 Å². The lowest BCUT2D eigenvalue weighted by atomic mass is 10.3. The van der Waals surface area contributed by atoms with Gasteiger partial charge in [-0.25, -0.2) is 4.98 Å². The van der Waals surface area contributed by atoms with Crippen LogP contribution in [-0.4, -0.2) is 9.55 Å². The molecule has 2 heterocycles. The summed E-state index contributed by atoms with van der Waals surface area (Å²) in [5.41, 5.74) is 8.47. The van der Waals surface area contributed by atoms with Gasteiger partial charge in [-0.2, -0.15) is 0 Å². The van der Waals surface area contributed by atoms with E-state index < -0.39 is 0 Å². The highest BCUT2D eigenvalue weighted by Gasteiger charge is 2.10. The predicted octanol–water partition coefficient (Wildman–Crippen LogP) is 1.93. The Bertz CT molecular complexity index is 802. The molecule has 2 N–H and O–H groups in total. The van der Waals surface area contributed by atoms with Crippen molar-refractivity contribution in [1.82, 2.24) is 9.55 Å². The molecule has 3 rings (SSSR count). The number of para-hydroxylation sites is 1. The molecule has 0 unspecified atom stereocenters. The zero-order chi connectivity index (χ0) is 13.4. The summed E-state index contributed by atoms with van der Waals surface area (Å²) in [5.74, 6) is 0.476. The standard InChI is InChI=1S/C14H13N3O2/c1-9-4-2-7-13(18)17(9)8-12-16-14-10(15)5-3-6-11(14)19-12/h2-7H,8,15H2,1H3. The number of anilines is 1. The lowest BCUT2D eigenvalue weighted by Gasteiger charge is -2.05. The van der Waals surface area contributed by atoms with Gasteiger partial charge in [-0.15, -0.1) is 0 Å². The van der Waals surface area contributed by atoms with E-state index in [1.54, 1.807) is 16.7 Å². The zero-order valence-electron chi connectivity index (χ0n) is 10.5. The van der Waals surface area contributed by atoms with Crippen LogP contribution in [0.4, 0.5) is 5.69 Å². The number of benzene rings is 1. The van der Waals surface area contributed by atoms with Crippen LogP contribution in [-0.2, 0) is 6.54 Å². The van der Waals surface area contributed by atoms with Crippen molar-refractivity contribution in [1.29, 1.82) is 0 Å². The minimum atomic E-state index is -0.0739. The van der Waals surface area contributed by atoms with Gasteiger partial charge in [0, 0.05) is 11.8 Å². The molecule has 19 heavy (non-hydrogen) atoms. The van der Waals surface area contributed by atoms with Crippen LogP contribution in [0.1, 0.15) is 11.6 Å². The van der Waals surface area contributed by atoms with Crippen molar-refractivity contribution in [2.24, 2.45) is 0 Å². The van der Waals surface area contributed by atoms with Gasteiger partial charge in [-0.05, 0) is 25.1 Å². The van der Waals surface area contributed by atoms with Crippen LogP contribution in [0.15, 0.2) is 45.6 Å². The summed E-state index contributed by atoms with van der Waals surface area (Å²) in [4.78, 5) is 16.1. The maximum absolute atomic E-state index is 11.8. The minimum Gasteiger partial charge on any atom is -0.439 e. The number of aryl methyl sites for hydroxylation is 1. The molecule has 0 bridgehead atoms. The quantitative estimate of drug-likeness (QED) is 0.710. The molecular weight excluding hydrogens is 242 g/mol. The first-order valence-electron chi connectivity index (χ1n) is 5.95. The molecule has 2 aromatic heterocycles. The summed E-state index contributed by atoms with van der Waals surface area (Å²) < 4.78 is 7.22. The van der Waals surface area contributed by atoms with E-state index in [0.29, 0.717) is 29.2 Å². The zero-order valence-corrected chi connectivity index (χ0v) is 10.5. The minimum absolute atomic E-state index is 0.0739. The van der Waals surface area contributed by atoms with E-state index >= 15 is 0 Å². The number of nitrogen functional groups attached to an aromatic ring is 1. The molecule has 5 heteroatoms. The molecule has 0 atom stereocenters. The Morgan fingerprint density at radius 3 is 2.79 bits per heavy atom. The molecule has 0 spiro atoms. The fraction of sp³-hybridized carbons (Fsp3) is 0.143. The van der Waals surface area contributed by atoms with Crippen molar-refractivity contribution < 1.29 is 4.42 Å². The lowest BCUT2D eigenvalue weighted by molar-refractivity contribution is 0.500. The maximum atomic E-state index is 11.8. The smallest absolute Gasteiger partial charge is 0.251 e. The summed E-state index contributed by atoms with van der Waals surface area (Å²) >= 11 is 0. The Balaban J connectivity index is 2.07. The van der Waals surface area contributed by atoms with Gasteiger partial charge in [-0.3, -0.25) is 4.79 Å². The molecule has 96 valence electrons. The van der Waals surface area contributed by atoms with E-state index in [1.165, 1.54) is 6.07 Å². The first kappa shape index (κ1) is 11.5. The first-order chi connectivity index (χ1) is 9.15. The molecule has 3 aromatic rings. The number of fused-ring (bicyclic) bond motifs is 1. The monoisotopic (exact) mass is 255 g/mol. The number of nitrogens with zero attached hydrogens (tertiary/aromatic N) is 2. The Morgan fingerprint density at radius 1 is 1.26 bits per heavy atom. The van der Waals surface area contributed by atoms with E-state index in [1.807, 2.05) is 25.1 Å². The molecule has 1 aromatic carbocycles. The highest BCUT2D eigenvalue weighted by Crippen LogP contribution is 2.21. The Hall–Kier alpha value is -2.56. The van der Waals surface area contributed by atoms with E-state index in [2.05, 4.69) is 4.98 Å². The second-order valence-electron chi connectivity index (χ2n) is 4.39. The first-order valence-corrected chi connectivity index (χ1v) is 5.95. The number of hydrogen-bond donors (Lipinski definition) is 1. The average Bonchev–Trinajstić information content (AvgIpc) is 2.78. The van der Waals surface area contributed by atoms with Crippen molar-refractivity contribution in [2.75, 3.05) is 5.73 Å². The average molecular weight is 255 g/mol. The van der Waals surface area contributed by atoms with E-state index in [9.17, 15) is 4.79 Å². The Labute approximate surface area is 109 Å². The molecule has 0 aliphatic rings. The molecule has 5 nitrogen and oxygen atoms in total. The summed E-state index contributed by atoms with van der Waals surface area (Å²) in [6, 6.07) is 10.5. The Morgan fingerprint density at radius 2 is 2.05 bits per heavy atom. The number of rotatable bonds is 2. The number of oxazole rings is 1. The number of aromatic nitrogens is 2. The van der Waals surface area contributed by atoms with Gasteiger partial charge in [0.1, 0.15) is 12.1 Å². The van der Waals surface area contributed by atoms with Gasteiger partial charge in [-0.1, -0.05) is 12.1 Å².